The summed E-state index contributed by atoms with van der Waals surface area (Å²) < 4.78 is 16.7. The van der Waals surface area contributed by atoms with Crippen LogP contribution in [0.5, 0.6) is 17.4 Å². The Balaban J connectivity index is 1.44. The highest BCUT2D eigenvalue weighted by Crippen LogP contribution is 2.30. The van der Waals surface area contributed by atoms with Crippen LogP contribution in [-0.2, 0) is 4.74 Å². The minimum Gasteiger partial charge on any atom is -0.475 e. The molecule has 0 aliphatic rings. The minimum absolute atomic E-state index is 0.0243. The highest BCUT2D eigenvalue weighted by Gasteiger charge is 2.14. The molecule has 4 rings (SSSR count). The fourth-order valence-electron chi connectivity index (χ4n) is 3.58. The van der Waals surface area contributed by atoms with Gasteiger partial charge in [0.25, 0.3) is 5.91 Å². The number of nitrogens with one attached hydrogen (secondary N) is 2. The monoisotopic (exact) mass is 515 g/mol. The summed E-state index contributed by atoms with van der Waals surface area (Å²) >= 11 is 0. The Morgan fingerprint density at radius 2 is 1.76 bits per heavy atom. The Morgan fingerprint density at radius 3 is 2.47 bits per heavy atom. The van der Waals surface area contributed by atoms with Crippen molar-refractivity contribution in [2.75, 3.05) is 32.2 Å². The maximum Gasteiger partial charge on any atom is 0.251 e. The molecular formula is C29H33N5O4. The van der Waals surface area contributed by atoms with Gasteiger partial charge in [-0.2, -0.15) is 0 Å². The van der Waals surface area contributed by atoms with Crippen LogP contribution in [0.15, 0.2) is 61.1 Å². The van der Waals surface area contributed by atoms with Gasteiger partial charge in [0.1, 0.15) is 30.3 Å². The standard InChI is InChI=1S/C29H33N5O4/c1-19-14-21(34-27-23-15-26(37-13-12-36-5)30-16-24(23)32-18-33-27)8-11-25(19)38-22-9-6-20(7-10-22)28(35)31-17-29(2,3)4/h6-11,14-16,18H,12-13,17H2,1-5H3,(H,31,35)(H,32,33,34). The number of fused-ring (bicyclic) bond motifs is 1. The largest absolute Gasteiger partial charge is 0.475 e. The summed E-state index contributed by atoms with van der Waals surface area (Å²) in [5.41, 5.74) is 3.10. The van der Waals surface area contributed by atoms with Gasteiger partial charge in [-0.1, -0.05) is 20.8 Å². The van der Waals surface area contributed by atoms with E-state index in [1.54, 1.807) is 37.6 Å². The van der Waals surface area contributed by atoms with Gasteiger partial charge in [0, 0.05) is 36.4 Å². The van der Waals surface area contributed by atoms with Crippen molar-refractivity contribution in [3.05, 3.63) is 72.2 Å². The first kappa shape index (κ1) is 26.8. The van der Waals surface area contributed by atoms with Crippen LogP contribution < -0.4 is 20.1 Å². The molecule has 0 atom stereocenters. The molecule has 2 aromatic heterocycles. The Hall–Kier alpha value is -4.24. The van der Waals surface area contributed by atoms with Crippen molar-refractivity contribution < 1.29 is 19.0 Å². The van der Waals surface area contributed by atoms with Gasteiger partial charge < -0.3 is 24.8 Å². The first-order valence-electron chi connectivity index (χ1n) is 12.4. The molecule has 0 saturated carbocycles. The summed E-state index contributed by atoms with van der Waals surface area (Å²) in [4.78, 5) is 25.4. The number of anilines is 2. The van der Waals surface area contributed by atoms with Gasteiger partial charge in [-0.05, 0) is 60.4 Å². The molecule has 0 aliphatic heterocycles. The molecule has 9 heteroatoms. The number of carbonyl (C=O) groups excluding carboxylic acids is 1. The number of hydrogen-bond acceptors (Lipinski definition) is 8. The molecule has 2 heterocycles. The van der Waals surface area contributed by atoms with E-state index in [4.69, 9.17) is 14.2 Å². The van der Waals surface area contributed by atoms with Gasteiger partial charge in [0.15, 0.2) is 0 Å². The number of methoxy groups -OCH3 is 1. The fraction of sp³-hybridized carbons (Fsp3) is 0.310. The molecule has 1 amide bonds. The second-order valence-corrected chi connectivity index (χ2v) is 10.1. The number of rotatable bonds is 10. The van der Waals surface area contributed by atoms with Crippen molar-refractivity contribution in [1.82, 2.24) is 20.3 Å². The van der Waals surface area contributed by atoms with E-state index < -0.39 is 0 Å². The number of pyridine rings is 1. The van der Waals surface area contributed by atoms with Gasteiger partial charge in [-0.15, -0.1) is 0 Å². The molecule has 0 spiro atoms. The fourth-order valence-corrected chi connectivity index (χ4v) is 3.58. The normalized spacial score (nSPS) is 11.3. The van der Waals surface area contributed by atoms with Crippen molar-refractivity contribution in [3.63, 3.8) is 0 Å². The number of benzene rings is 2. The number of nitrogens with zero attached hydrogens (tertiary/aromatic N) is 3. The summed E-state index contributed by atoms with van der Waals surface area (Å²) in [5.74, 6) is 2.38. The lowest BCUT2D eigenvalue weighted by atomic mass is 9.97. The van der Waals surface area contributed by atoms with Crippen LogP contribution >= 0.6 is 0 Å². The predicted molar refractivity (Wildman–Crippen MR) is 147 cm³/mol. The molecule has 38 heavy (non-hydrogen) atoms. The molecule has 198 valence electrons. The quantitative estimate of drug-likeness (QED) is 0.260. The maximum absolute atomic E-state index is 12.4. The number of aryl methyl sites for hydroxylation is 1. The molecule has 2 aromatic carbocycles. The van der Waals surface area contributed by atoms with E-state index in [0.717, 1.165) is 16.6 Å². The lowest BCUT2D eigenvalue weighted by molar-refractivity contribution is 0.0939. The van der Waals surface area contributed by atoms with Crippen LogP contribution in [-0.4, -0.2) is 47.7 Å². The smallest absolute Gasteiger partial charge is 0.251 e. The maximum atomic E-state index is 12.4. The van der Waals surface area contributed by atoms with Crippen molar-refractivity contribution >= 4 is 28.3 Å². The van der Waals surface area contributed by atoms with E-state index in [1.807, 2.05) is 31.2 Å². The molecule has 4 aromatic rings. The van der Waals surface area contributed by atoms with E-state index in [9.17, 15) is 4.79 Å². The van der Waals surface area contributed by atoms with Crippen molar-refractivity contribution in [1.29, 1.82) is 0 Å². The van der Waals surface area contributed by atoms with E-state index in [-0.39, 0.29) is 11.3 Å². The number of aromatic nitrogens is 3. The average molecular weight is 516 g/mol. The van der Waals surface area contributed by atoms with Crippen molar-refractivity contribution in [3.8, 4) is 17.4 Å². The third-order valence-corrected chi connectivity index (χ3v) is 5.60. The Morgan fingerprint density at radius 1 is 0.974 bits per heavy atom. The van der Waals surface area contributed by atoms with Gasteiger partial charge in [0.05, 0.1) is 18.3 Å². The van der Waals surface area contributed by atoms with E-state index in [1.165, 1.54) is 6.33 Å². The van der Waals surface area contributed by atoms with Gasteiger partial charge in [0.2, 0.25) is 5.88 Å². The second-order valence-electron chi connectivity index (χ2n) is 10.1. The Kier molecular flexibility index (Phi) is 8.38. The summed E-state index contributed by atoms with van der Waals surface area (Å²) in [7, 11) is 1.62. The molecular weight excluding hydrogens is 482 g/mol. The molecule has 2 N–H and O–H groups in total. The van der Waals surface area contributed by atoms with E-state index in [2.05, 4.69) is 46.4 Å². The summed E-state index contributed by atoms with van der Waals surface area (Å²) in [6, 6.07) is 14.7. The number of carbonyl (C=O) groups is 1. The summed E-state index contributed by atoms with van der Waals surface area (Å²) in [6.07, 6.45) is 3.15. The van der Waals surface area contributed by atoms with Crippen LogP contribution in [0.1, 0.15) is 36.7 Å². The predicted octanol–water partition coefficient (Wildman–Crippen LogP) is 5.67. The van der Waals surface area contributed by atoms with Crippen LogP contribution in [0.4, 0.5) is 11.5 Å². The summed E-state index contributed by atoms with van der Waals surface area (Å²) in [6.45, 7) is 9.69. The van der Waals surface area contributed by atoms with Gasteiger partial charge in [-0.3, -0.25) is 4.79 Å². The molecule has 0 saturated heterocycles. The van der Waals surface area contributed by atoms with Crippen LogP contribution in [0.25, 0.3) is 10.9 Å². The minimum atomic E-state index is -0.0974. The van der Waals surface area contributed by atoms with Crippen molar-refractivity contribution in [2.45, 2.75) is 27.7 Å². The van der Waals surface area contributed by atoms with Gasteiger partial charge >= 0.3 is 0 Å². The second kappa shape index (κ2) is 11.9. The van der Waals surface area contributed by atoms with Crippen LogP contribution in [0.3, 0.4) is 0 Å². The third kappa shape index (κ3) is 7.17. The summed E-state index contributed by atoms with van der Waals surface area (Å²) in [5, 5.41) is 7.11. The first-order valence-corrected chi connectivity index (χ1v) is 12.4. The molecule has 0 bridgehead atoms. The topological polar surface area (TPSA) is 107 Å². The van der Waals surface area contributed by atoms with Crippen LogP contribution in [0, 0.1) is 12.3 Å². The van der Waals surface area contributed by atoms with Crippen molar-refractivity contribution in [2.24, 2.45) is 5.41 Å². The lowest BCUT2D eigenvalue weighted by Gasteiger charge is -2.18. The first-order chi connectivity index (χ1) is 18.2. The number of ether oxygens (including phenoxy) is 3. The molecule has 9 nitrogen and oxygen atoms in total. The lowest BCUT2D eigenvalue weighted by Crippen LogP contribution is -2.32. The highest BCUT2D eigenvalue weighted by molar-refractivity contribution is 5.94. The molecule has 0 unspecified atom stereocenters. The molecule has 0 aliphatic carbocycles. The highest BCUT2D eigenvalue weighted by atomic mass is 16.5. The average Bonchev–Trinajstić information content (AvgIpc) is 2.89. The van der Waals surface area contributed by atoms with Crippen LogP contribution in [0.2, 0.25) is 0 Å². The SMILES string of the molecule is COCCOc1cc2c(Nc3ccc(Oc4ccc(C(=O)NCC(C)(C)C)cc4)c(C)c3)ncnc2cn1. The van der Waals surface area contributed by atoms with Gasteiger partial charge in [-0.25, -0.2) is 15.0 Å². The molecule has 0 fully saturated rings. The van der Waals surface area contributed by atoms with E-state index >= 15 is 0 Å². The number of amides is 1. The Labute approximate surface area is 222 Å². The Bertz CT molecular complexity index is 1400. The van der Waals surface area contributed by atoms with E-state index in [0.29, 0.717) is 54.0 Å². The molecule has 0 radical (unpaired) electrons. The third-order valence-electron chi connectivity index (χ3n) is 5.60. The zero-order valence-electron chi connectivity index (χ0n) is 22.4. The number of hydrogen-bond donors (Lipinski definition) is 2. The zero-order chi connectivity index (χ0) is 27.1. The zero-order valence-corrected chi connectivity index (χ0v) is 22.4.